The van der Waals surface area contributed by atoms with Crippen LogP contribution in [-0.2, 0) is 4.74 Å². The average molecular weight is 112 g/mol. The van der Waals surface area contributed by atoms with Crippen molar-refractivity contribution in [3.8, 4) is 0 Å². The zero-order valence-electron chi connectivity index (χ0n) is 6.53. The van der Waals surface area contributed by atoms with E-state index in [9.17, 15) is 0 Å². The fraction of sp³-hybridized carbons (Fsp3) is 1.00. The van der Waals surface area contributed by atoms with E-state index in [1.54, 1.807) is 0 Å². The predicted molar refractivity (Wildman–Crippen MR) is 27.9 cm³/mol. The van der Waals surface area contributed by atoms with Crippen molar-refractivity contribution in [3.05, 3.63) is 0 Å². The van der Waals surface area contributed by atoms with Crippen LogP contribution in [0.1, 0.15) is 21.7 Å². The van der Waals surface area contributed by atoms with Gasteiger partial charge in [-0.05, 0) is 13.3 Å². The van der Waals surface area contributed by atoms with Crippen LogP contribution in [0.5, 0.6) is 0 Å². The van der Waals surface area contributed by atoms with Gasteiger partial charge in [0.2, 0.25) is 0 Å². The molecule has 0 amide bonds. The summed E-state index contributed by atoms with van der Waals surface area (Å²) in [5.74, 6) is 0. The normalized spacial score (nSPS) is 7.71. The van der Waals surface area contributed by atoms with E-state index in [2.05, 4.69) is 6.92 Å². The first-order chi connectivity index (χ1) is 2.91. The first-order valence-corrected chi connectivity index (χ1v) is 2.49. The molecule has 0 aliphatic rings. The third-order valence-electron chi connectivity index (χ3n) is 0.553. The van der Waals surface area contributed by atoms with Gasteiger partial charge in [-0.3, -0.25) is 0 Å². The molecule has 0 saturated heterocycles. The van der Waals surface area contributed by atoms with Crippen molar-refractivity contribution in [2.75, 3.05) is 13.2 Å². The van der Waals surface area contributed by atoms with Gasteiger partial charge in [0.1, 0.15) is 0 Å². The molecule has 1 nitrogen and oxygen atoms in total. The van der Waals surface area contributed by atoms with Crippen molar-refractivity contribution in [2.45, 2.75) is 20.3 Å². The van der Waals surface area contributed by atoms with Gasteiger partial charge in [-0.25, -0.2) is 0 Å². The van der Waals surface area contributed by atoms with Crippen molar-refractivity contribution in [3.63, 3.8) is 0 Å². The topological polar surface area (TPSA) is 9.23 Å². The Morgan fingerprint density at radius 1 is 1.43 bits per heavy atom. The molecular weight excluding hydrogens is 99.0 g/mol. The standard InChI is InChI=1S/C5H12O.Na.H/c1-3-5-6-4-2;;/h3-5H2,1-2H3;;/q;+1;-1. The van der Waals surface area contributed by atoms with Crippen LogP contribution in [0.2, 0.25) is 0 Å². The Bertz CT molecular complexity index is 24.4. The van der Waals surface area contributed by atoms with E-state index < -0.39 is 0 Å². The van der Waals surface area contributed by atoms with Crippen LogP contribution in [0.4, 0.5) is 0 Å². The molecule has 0 fully saturated rings. The summed E-state index contributed by atoms with van der Waals surface area (Å²) in [6.07, 6.45) is 1.13. The summed E-state index contributed by atoms with van der Waals surface area (Å²) in [6, 6.07) is 0. The van der Waals surface area contributed by atoms with Gasteiger partial charge in [0.15, 0.2) is 0 Å². The zero-order valence-corrected chi connectivity index (χ0v) is 7.53. The monoisotopic (exact) mass is 112 g/mol. The van der Waals surface area contributed by atoms with Crippen LogP contribution in [0.3, 0.4) is 0 Å². The summed E-state index contributed by atoms with van der Waals surface area (Å²) < 4.78 is 4.98. The molecular formula is C5H13NaO. The van der Waals surface area contributed by atoms with Crippen LogP contribution < -0.4 is 29.6 Å². The Morgan fingerprint density at radius 2 is 2.00 bits per heavy atom. The number of hydrogen-bond acceptors (Lipinski definition) is 1. The Hall–Kier alpha value is 0.960. The van der Waals surface area contributed by atoms with Gasteiger partial charge in [-0.15, -0.1) is 0 Å². The first kappa shape index (κ1) is 10.9. The van der Waals surface area contributed by atoms with E-state index >= 15 is 0 Å². The molecule has 7 heavy (non-hydrogen) atoms. The van der Waals surface area contributed by atoms with Gasteiger partial charge in [0.25, 0.3) is 0 Å². The van der Waals surface area contributed by atoms with E-state index in [1.165, 1.54) is 0 Å². The van der Waals surface area contributed by atoms with Crippen LogP contribution in [0, 0.1) is 0 Å². The maximum absolute atomic E-state index is 4.98. The molecule has 0 aliphatic carbocycles. The molecule has 0 bridgehead atoms. The van der Waals surface area contributed by atoms with Gasteiger partial charge in [-0.1, -0.05) is 6.92 Å². The average Bonchev–Trinajstić information content (AvgIpc) is 1.61. The third kappa shape index (κ3) is 10.9. The second-order valence-corrected chi connectivity index (χ2v) is 1.20. The van der Waals surface area contributed by atoms with Gasteiger partial charge >= 0.3 is 29.6 Å². The maximum atomic E-state index is 4.98. The Labute approximate surface area is 69.2 Å². The Kier molecular flexibility index (Phi) is 15.6. The van der Waals surface area contributed by atoms with Crippen molar-refractivity contribution in [1.82, 2.24) is 0 Å². The maximum Gasteiger partial charge on any atom is 1.00 e. The summed E-state index contributed by atoms with van der Waals surface area (Å²) in [5.41, 5.74) is 0. The summed E-state index contributed by atoms with van der Waals surface area (Å²) in [4.78, 5) is 0. The summed E-state index contributed by atoms with van der Waals surface area (Å²) >= 11 is 0. The molecule has 0 spiro atoms. The molecule has 40 valence electrons. The second-order valence-electron chi connectivity index (χ2n) is 1.20. The van der Waals surface area contributed by atoms with Crippen molar-refractivity contribution in [1.29, 1.82) is 0 Å². The Morgan fingerprint density at radius 3 is 2.14 bits per heavy atom. The minimum atomic E-state index is 0. The fourth-order valence-corrected chi connectivity index (χ4v) is 0.289. The molecule has 0 N–H and O–H groups in total. The second kappa shape index (κ2) is 10.0. The number of hydrogen-bond donors (Lipinski definition) is 0. The summed E-state index contributed by atoms with van der Waals surface area (Å²) in [7, 11) is 0. The minimum Gasteiger partial charge on any atom is -1.00 e. The van der Waals surface area contributed by atoms with E-state index in [-0.39, 0.29) is 31.0 Å². The summed E-state index contributed by atoms with van der Waals surface area (Å²) in [6.45, 7) is 5.88. The molecule has 0 heterocycles. The third-order valence-corrected chi connectivity index (χ3v) is 0.553. The molecule has 0 unspecified atom stereocenters. The molecule has 0 saturated carbocycles. The number of rotatable bonds is 3. The molecule has 0 rings (SSSR count). The van der Waals surface area contributed by atoms with E-state index in [0.29, 0.717) is 0 Å². The smallest absolute Gasteiger partial charge is 1.00 e. The predicted octanol–water partition coefficient (Wildman–Crippen LogP) is -1.45. The Balaban J connectivity index is -0.000000125. The van der Waals surface area contributed by atoms with Gasteiger partial charge in [0.05, 0.1) is 0 Å². The molecule has 2 heteroatoms. The van der Waals surface area contributed by atoms with Crippen molar-refractivity contribution in [2.24, 2.45) is 0 Å². The number of ether oxygens (including phenoxy) is 1. The van der Waals surface area contributed by atoms with Crippen LogP contribution in [-0.4, -0.2) is 13.2 Å². The quantitative estimate of drug-likeness (QED) is 0.320. The first-order valence-electron chi connectivity index (χ1n) is 2.49. The molecule has 0 aromatic rings. The van der Waals surface area contributed by atoms with Crippen LogP contribution in [0.25, 0.3) is 0 Å². The van der Waals surface area contributed by atoms with E-state index in [1.807, 2.05) is 6.92 Å². The molecule has 0 aromatic heterocycles. The minimum absolute atomic E-state index is 0. The van der Waals surface area contributed by atoms with E-state index in [0.717, 1.165) is 19.6 Å². The zero-order chi connectivity index (χ0) is 4.83. The van der Waals surface area contributed by atoms with Gasteiger partial charge in [-0.2, -0.15) is 0 Å². The molecule has 0 radical (unpaired) electrons. The van der Waals surface area contributed by atoms with Crippen LogP contribution >= 0.6 is 0 Å². The van der Waals surface area contributed by atoms with Gasteiger partial charge in [0, 0.05) is 13.2 Å². The molecule has 0 aromatic carbocycles. The van der Waals surface area contributed by atoms with Gasteiger partial charge < -0.3 is 6.16 Å². The largest absolute Gasteiger partial charge is 1.00 e. The van der Waals surface area contributed by atoms with Crippen molar-refractivity contribution < 1.29 is 35.7 Å². The fourth-order valence-electron chi connectivity index (χ4n) is 0.289. The molecule has 0 atom stereocenters. The van der Waals surface area contributed by atoms with Crippen LogP contribution in [0.15, 0.2) is 0 Å². The summed E-state index contributed by atoms with van der Waals surface area (Å²) in [5, 5.41) is 0. The SMILES string of the molecule is CCCOCC.[H-].[Na+]. The van der Waals surface area contributed by atoms with E-state index in [4.69, 9.17) is 4.74 Å². The molecule has 0 aliphatic heterocycles. The van der Waals surface area contributed by atoms with Crippen molar-refractivity contribution >= 4 is 0 Å².